The van der Waals surface area contributed by atoms with Gasteiger partial charge in [0.1, 0.15) is 11.4 Å². The van der Waals surface area contributed by atoms with E-state index >= 15 is 0 Å². The molecule has 2 aliphatic rings. The summed E-state index contributed by atoms with van der Waals surface area (Å²) in [7, 11) is 0. The molecular weight excluding hydrogens is 354 g/mol. The SMILES string of the molecule is Nc1nc(N2CCC3(CC2)OCCc2c3[nH]c3ccccc23)c2cn[nH]c2n1. The molecule has 6 rings (SSSR count). The first-order valence-corrected chi connectivity index (χ1v) is 9.69. The molecule has 0 bridgehead atoms. The largest absolute Gasteiger partial charge is 0.368 e. The van der Waals surface area contributed by atoms with Gasteiger partial charge in [0, 0.05) is 24.0 Å². The Morgan fingerprint density at radius 1 is 1.11 bits per heavy atom. The van der Waals surface area contributed by atoms with Gasteiger partial charge in [-0.1, -0.05) is 18.2 Å². The number of hydrogen-bond acceptors (Lipinski definition) is 6. The minimum atomic E-state index is -0.253. The topological polar surface area (TPSA) is 109 Å². The van der Waals surface area contributed by atoms with Gasteiger partial charge >= 0.3 is 0 Å². The van der Waals surface area contributed by atoms with Crippen LogP contribution in [0.2, 0.25) is 0 Å². The summed E-state index contributed by atoms with van der Waals surface area (Å²) in [4.78, 5) is 14.6. The molecule has 8 heteroatoms. The first-order chi connectivity index (χ1) is 13.7. The summed E-state index contributed by atoms with van der Waals surface area (Å²) in [5.41, 5.74) is 10.2. The molecule has 0 amide bonds. The fraction of sp³-hybridized carbons (Fsp3) is 0.350. The van der Waals surface area contributed by atoms with Gasteiger partial charge in [0.15, 0.2) is 5.65 Å². The number of anilines is 2. The fourth-order valence-corrected chi connectivity index (χ4v) is 4.82. The molecule has 28 heavy (non-hydrogen) atoms. The van der Waals surface area contributed by atoms with Crippen molar-refractivity contribution in [3.05, 3.63) is 41.7 Å². The van der Waals surface area contributed by atoms with Crippen molar-refractivity contribution in [2.45, 2.75) is 24.9 Å². The number of aromatic amines is 2. The summed E-state index contributed by atoms with van der Waals surface area (Å²) in [6, 6.07) is 8.54. The number of H-pyrrole nitrogens is 2. The Bertz CT molecular complexity index is 1190. The van der Waals surface area contributed by atoms with E-state index in [1.807, 2.05) is 0 Å². The Labute approximate surface area is 161 Å². The van der Waals surface area contributed by atoms with E-state index in [4.69, 9.17) is 10.5 Å². The Morgan fingerprint density at radius 2 is 1.96 bits per heavy atom. The van der Waals surface area contributed by atoms with Crippen LogP contribution in [0.3, 0.4) is 0 Å². The van der Waals surface area contributed by atoms with E-state index in [9.17, 15) is 0 Å². The number of ether oxygens (including phenoxy) is 1. The maximum atomic E-state index is 6.41. The number of hydrogen-bond donors (Lipinski definition) is 3. The molecule has 1 saturated heterocycles. The molecule has 1 fully saturated rings. The normalized spacial score (nSPS) is 18.8. The average Bonchev–Trinajstić information content (AvgIpc) is 3.33. The zero-order valence-corrected chi connectivity index (χ0v) is 15.4. The minimum Gasteiger partial charge on any atom is -0.368 e. The molecule has 0 atom stereocenters. The van der Waals surface area contributed by atoms with Crippen molar-refractivity contribution < 1.29 is 4.74 Å². The van der Waals surface area contributed by atoms with Crippen LogP contribution >= 0.6 is 0 Å². The maximum absolute atomic E-state index is 6.41. The average molecular weight is 375 g/mol. The van der Waals surface area contributed by atoms with Gasteiger partial charge in [-0.15, -0.1) is 0 Å². The van der Waals surface area contributed by atoms with Crippen molar-refractivity contribution in [2.75, 3.05) is 30.3 Å². The van der Waals surface area contributed by atoms with Crippen LogP contribution in [0.5, 0.6) is 0 Å². The van der Waals surface area contributed by atoms with Gasteiger partial charge < -0.3 is 20.4 Å². The molecule has 4 aromatic rings. The Balaban J connectivity index is 1.36. The Hall–Kier alpha value is -3.13. The van der Waals surface area contributed by atoms with Crippen LogP contribution in [0.1, 0.15) is 24.1 Å². The number of aromatic nitrogens is 5. The molecule has 0 radical (unpaired) electrons. The second-order valence-electron chi connectivity index (χ2n) is 7.64. The third kappa shape index (κ3) is 2.18. The van der Waals surface area contributed by atoms with Crippen LogP contribution in [0.4, 0.5) is 11.8 Å². The molecule has 142 valence electrons. The highest BCUT2D eigenvalue weighted by atomic mass is 16.5. The standard InChI is InChI=1S/C20H21N7O/c21-19-24-17-14(11-22-26-17)18(25-19)27-8-6-20(7-9-27)16-13(5-10-28-20)12-3-1-2-4-15(12)23-16/h1-4,11,23H,5-10H2,(H3,21,22,24,25,26). The van der Waals surface area contributed by atoms with Crippen molar-refractivity contribution >= 4 is 33.7 Å². The number of nitrogens with one attached hydrogen (secondary N) is 2. The molecule has 0 saturated carbocycles. The van der Waals surface area contributed by atoms with E-state index in [0.29, 0.717) is 5.65 Å². The molecule has 0 unspecified atom stereocenters. The molecule has 1 aromatic carbocycles. The molecular formula is C20H21N7O. The Morgan fingerprint density at radius 3 is 2.86 bits per heavy atom. The summed E-state index contributed by atoms with van der Waals surface area (Å²) < 4.78 is 6.41. The highest BCUT2D eigenvalue weighted by Crippen LogP contribution is 2.44. The second-order valence-corrected chi connectivity index (χ2v) is 7.64. The molecule has 0 aliphatic carbocycles. The first-order valence-electron chi connectivity index (χ1n) is 9.69. The number of nitrogens with zero attached hydrogens (tertiary/aromatic N) is 4. The summed E-state index contributed by atoms with van der Waals surface area (Å²) >= 11 is 0. The van der Waals surface area contributed by atoms with Crippen molar-refractivity contribution in [2.24, 2.45) is 0 Å². The molecule has 3 aromatic heterocycles. The fourth-order valence-electron chi connectivity index (χ4n) is 4.82. The van der Waals surface area contributed by atoms with Crippen molar-refractivity contribution in [1.29, 1.82) is 0 Å². The van der Waals surface area contributed by atoms with Gasteiger partial charge in [0.25, 0.3) is 0 Å². The third-order valence-electron chi connectivity index (χ3n) is 6.18. The van der Waals surface area contributed by atoms with E-state index in [1.165, 1.54) is 22.2 Å². The number of rotatable bonds is 1. The number of piperidine rings is 1. The van der Waals surface area contributed by atoms with Gasteiger partial charge in [-0.3, -0.25) is 5.10 Å². The summed E-state index contributed by atoms with van der Waals surface area (Å²) in [6.07, 6.45) is 4.52. The van der Waals surface area contributed by atoms with Gasteiger partial charge in [0.2, 0.25) is 5.95 Å². The van der Waals surface area contributed by atoms with Crippen molar-refractivity contribution in [3.8, 4) is 0 Å². The van der Waals surface area contributed by atoms with E-state index < -0.39 is 0 Å². The molecule has 1 spiro atoms. The van der Waals surface area contributed by atoms with Crippen LogP contribution in [0, 0.1) is 0 Å². The number of nitrogens with two attached hydrogens (primary N) is 1. The smallest absolute Gasteiger partial charge is 0.224 e. The van der Waals surface area contributed by atoms with E-state index in [1.54, 1.807) is 6.20 Å². The number of benzene rings is 1. The molecule has 8 nitrogen and oxygen atoms in total. The summed E-state index contributed by atoms with van der Waals surface area (Å²) in [5, 5.41) is 9.21. The lowest BCUT2D eigenvalue weighted by Gasteiger charge is -2.44. The second kappa shape index (κ2) is 5.68. The van der Waals surface area contributed by atoms with Crippen LogP contribution in [-0.4, -0.2) is 44.8 Å². The summed E-state index contributed by atoms with van der Waals surface area (Å²) in [5.74, 6) is 1.11. The van der Waals surface area contributed by atoms with Gasteiger partial charge in [-0.25, -0.2) is 0 Å². The number of nitrogen functional groups attached to an aromatic ring is 1. The number of fused-ring (bicyclic) bond motifs is 5. The predicted molar refractivity (Wildman–Crippen MR) is 107 cm³/mol. The highest BCUT2D eigenvalue weighted by Gasteiger charge is 2.43. The van der Waals surface area contributed by atoms with Crippen LogP contribution in [0.25, 0.3) is 21.9 Å². The summed E-state index contributed by atoms with van der Waals surface area (Å²) in [6.45, 7) is 2.44. The van der Waals surface area contributed by atoms with Crippen LogP contribution in [0.15, 0.2) is 30.5 Å². The van der Waals surface area contributed by atoms with Gasteiger partial charge in [-0.05, 0) is 30.9 Å². The van der Waals surface area contributed by atoms with E-state index in [-0.39, 0.29) is 11.5 Å². The van der Waals surface area contributed by atoms with Gasteiger partial charge in [-0.2, -0.15) is 15.1 Å². The third-order valence-corrected chi connectivity index (χ3v) is 6.18. The quantitative estimate of drug-likeness (QED) is 0.472. The monoisotopic (exact) mass is 375 g/mol. The van der Waals surface area contributed by atoms with E-state index in [0.717, 1.165) is 50.2 Å². The van der Waals surface area contributed by atoms with E-state index in [2.05, 4.69) is 54.3 Å². The molecule has 2 aliphatic heterocycles. The zero-order chi connectivity index (χ0) is 18.7. The minimum absolute atomic E-state index is 0.253. The lowest BCUT2D eigenvalue weighted by atomic mass is 9.83. The lowest BCUT2D eigenvalue weighted by Crippen LogP contribution is -2.47. The lowest BCUT2D eigenvalue weighted by molar-refractivity contribution is -0.0790. The van der Waals surface area contributed by atoms with Gasteiger partial charge in [0.05, 0.1) is 23.9 Å². The zero-order valence-electron chi connectivity index (χ0n) is 15.4. The molecule has 4 N–H and O–H groups in total. The first kappa shape index (κ1) is 15.9. The Kier molecular flexibility index (Phi) is 3.22. The number of para-hydroxylation sites is 1. The van der Waals surface area contributed by atoms with Crippen LogP contribution in [-0.2, 0) is 16.8 Å². The highest BCUT2D eigenvalue weighted by molar-refractivity contribution is 5.88. The molecule has 5 heterocycles. The van der Waals surface area contributed by atoms with Crippen LogP contribution < -0.4 is 10.6 Å². The predicted octanol–water partition coefficient (Wildman–Crippen LogP) is 2.48. The van der Waals surface area contributed by atoms with Crippen molar-refractivity contribution in [3.63, 3.8) is 0 Å². The maximum Gasteiger partial charge on any atom is 0.224 e. The van der Waals surface area contributed by atoms with Crippen molar-refractivity contribution in [1.82, 2.24) is 25.1 Å².